The van der Waals surface area contributed by atoms with Crippen LogP contribution in [0.5, 0.6) is 0 Å². The average molecular weight is 298 g/mol. The summed E-state index contributed by atoms with van der Waals surface area (Å²) in [7, 11) is 0. The predicted molar refractivity (Wildman–Crippen MR) is 83.5 cm³/mol. The lowest BCUT2D eigenvalue weighted by Gasteiger charge is -2.41. The van der Waals surface area contributed by atoms with Crippen molar-refractivity contribution in [1.82, 2.24) is 4.90 Å². The van der Waals surface area contributed by atoms with Crippen LogP contribution in [0.3, 0.4) is 0 Å². The summed E-state index contributed by atoms with van der Waals surface area (Å²) >= 11 is 5.29. The zero-order valence-corrected chi connectivity index (χ0v) is 13.4. The van der Waals surface area contributed by atoms with Crippen LogP contribution < -0.4 is 5.73 Å². The van der Waals surface area contributed by atoms with E-state index in [-0.39, 0.29) is 18.1 Å². The van der Waals surface area contributed by atoms with Gasteiger partial charge in [0.15, 0.2) is 0 Å². The molecule has 0 spiro atoms. The molecule has 0 radical (unpaired) electrons. The lowest BCUT2D eigenvalue weighted by molar-refractivity contribution is -0.150. The van der Waals surface area contributed by atoms with Gasteiger partial charge in [0.2, 0.25) is 5.91 Å². The number of thiocarbonyl (C=S) groups is 1. The Morgan fingerprint density at radius 1 is 1.15 bits per heavy atom. The number of amides is 1. The molecule has 2 N–H and O–H groups in total. The predicted octanol–water partition coefficient (Wildman–Crippen LogP) is 2.25. The van der Waals surface area contributed by atoms with Crippen LogP contribution in [-0.4, -0.2) is 41.1 Å². The van der Waals surface area contributed by atoms with Gasteiger partial charge in [-0.15, -0.1) is 0 Å². The molecule has 2 fully saturated rings. The Balaban J connectivity index is 2.20. The third-order valence-electron chi connectivity index (χ3n) is 4.54. The van der Waals surface area contributed by atoms with E-state index in [1.807, 2.05) is 18.7 Å². The first-order valence-electron chi connectivity index (χ1n) is 7.70. The summed E-state index contributed by atoms with van der Waals surface area (Å²) in [5.41, 5.74) is 5.39. The van der Waals surface area contributed by atoms with Gasteiger partial charge in [0, 0.05) is 13.1 Å². The molecule has 0 aromatic heterocycles. The van der Waals surface area contributed by atoms with E-state index < -0.39 is 5.41 Å². The normalized spacial score (nSPS) is 30.6. The Labute approximate surface area is 127 Å². The van der Waals surface area contributed by atoms with Crippen LogP contribution in [-0.2, 0) is 9.53 Å². The van der Waals surface area contributed by atoms with Crippen molar-refractivity contribution < 1.29 is 9.53 Å². The van der Waals surface area contributed by atoms with Gasteiger partial charge in [-0.3, -0.25) is 4.79 Å². The first kappa shape index (κ1) is 15.7. The lowest BCUT2D eigenvalue weighted by atomic mass is 9.78. The molecular formula is C15H26N2O2S. The SMILES string of the molecule is C[C@@H]1CN(C(=O)C2(C(N)=S)CCCCCC2)C[C@H](C)O1. The van der Waals surface area contributed by atoms with Crippen LogP contribution in [0.15, 0.2) is 0 Å². The van der Waals surface area contributed by atoms with Crippen molar-refractivity contribution in [2.45, 2.75) is 64.6 Å². The molecule has 1 aliphatic heterocycles. The maximum absolute atomic E-state index is 13.1. The zero-order chi connectivity index (χ0) is 14.8. The second kappa shape index (κ2) is 6.39. The van der Waals surface area contributed by atoms with Gasteiger partial charge in [-0.2, -0.15) is 0 Å². The number of nitrogens with zero attached hydrogens (tertiary/aromatic N) is 1. The molecule has 2 atom stereocenters. The van der Waals surface area contributed by atoms with E-state index in [2.05, 4.69) is 0 Å². The molecule has 1 saturated carbocycles. The fraction of sp³-hybridized carbons (Fsp3) is 0.867. The van der Waals surface area contributed by atoms with E-state index in [1.54, 1.807) is 0 Å². The molecule has 1 amide bonds. The molecule has 0 aromatic carbocycles. The second-order valence-electron chi connectivity index (χ2n) is 6.33. The van der Waals surface area contributed by atoms with Gasteiger partial charge in [0.1, 0.15) is 0 Å². The van der Waals surface area contributed by atoms with Crippen LogP contribution in [0.2, 0.25) is 0 Å². The molecular weight excluding hydrogens is 272 g/mol. The van der Waals surface area contributed by atoms with Gasteiger partial charge in [-0.05, 0) is 26.7 Å². The van der Waals surface area contributed by atoms with Crippen molar-refractivity contribution in [1.29, 1.82) is 0 Å². The van der Waals surface area contributed by atoms with Gasteiger partial charge in [0.05, 0.1) is 22.6 Å². The highest BCUT2D eigenvalue weighted by Crippen LogP contribution is 2.38. The number of ether oxygens (including phenoxy) is 1. The number of nitrogens with two attached hydrogens (primary N) is 1. The largest absolute Gasteiger partial charge is 0.392 e. The van der Waals surface area contributed by atoms with Crippen molar-refractivity contribution in [2.75, 3.05) is 13.1 Å². The van der Waals surface area contributed by atoms with Crippen molar-refractivity contribution in [3.8, 4) is 0 Å². The van der Waals surface area contributed by atoms with E-state index in [9.17, 15) is 4.79 Å². The molecule has 4 nitrogen and oxygen atoms in total. The lowest BCUT2D eigenvalue weighted by Crippen LogP contribution is -2.56. The maximum Gasteiger partial charge on any atom is 0.235 e. The standard InChI is InChI=1S/C15H26N2O2S/c1-11-9-17(10-12(2)19-11)14(18)15(13(16)20)7-5-3-4-6-8-15/h11-12H,3-10H2,1-2H3,(H2,16,20)/t11-,12+. The third kappa shape index (κ3) is 3.14. The molecule has 5 heteroatoms. The molecule has 2 aliphatic rings. The molecule has 0 aromatic rings. The quantitative estimate of drug-likeness (QED) is 0.627. The monoisotopic (exact) mass is 298 g/mol. The van der Waals surface area contributed by atoms with Gasteiger partial charge >= 0.3 is 0 Å². The minimum Gasteiger partial charge on any atom is -0.392 e. The minimum atomic E-state index is -0.609. The Kier molecular flexibility index (Phi) is 5.02. The molecule has 0 unspecified atom stereocenters. The third-order valence-corrected chi connectivity index (χ3v) is 4.94. The molecule has 20 heavy (non-hydrogen) atoms. The summed E-state index contributed by atoms with van der Waals surface area (Å²) < 4.78 is 5.71. The number of rotatable bonds is 2. The number of morpholine rings is 1. The van der Waals surface area contributed by atoms with E-state index >= 15 is 0 Å². The first-order valence-corrected chi connectivity index (χ1v) is 8.11. The Morgan fingerprint density at radius 2 is 1.65 bits per heavy atom. The fourth-order valence-electron chi connectivity index (χ4n) is 3.54. The van der Waals surface area contributed by atoms with Crippen LogP contribution in [0.25, 0.3) is 0 Å². The summed E-state index contributed by atoms with van der Waals surface area (Å²) in [4.78, 5) is 15.4. The Morgan fingerprint density at radius 3 is 2.10 bits per heavy atom. The van der Waals surface area contributed by atoms with Crippen LogP contribution in [0, 0.1) is 5.41 Å². The zero-order valence-electron chi connectivity index (χ0n) is 12.6. The van der Waals surface area contributed by atoms with Crippen molar-refractivity contribution in [2.24, 2.45) is 11.1 Å². The number of hydrogen-bond donors (Lipinski definition) is 1. The second-order valence-corrected chi connectivity index (χ2v) is 6.77. The van der Waals surface area contributed by atoms with Crippen molar-refractivity contribution in [3.05, 3.63) is 0 Å². The molecule has 1 heterocycles. The summed E-state index contributed by atoms with van der Waals surface area (Å²) in [6.07, 6.45) is 6.20. The van der Waals surface area contributed by atoms with Crippen molar-refractivity contribution in [3.63, 3.8) is 0 Å². The van der Waals surface area contributed by atoms with Crippen LogP contribution >= 0.6 is 12.2 Å². The number of hydrogen-bond acceptors (Lipinski definition) is 3. The smallest absolute Gasteiger partial charge is 0.235 e. The van der Waals surface area contributed by atoms with Gasteiger partial charge in [0.25, 0.3) is 0 Å². The molecule has 114 valence electrons. The average Bonchev–Trinajstić information content (AvgIpc) is 2.63. The Bertz CT molecular complexity index is 368. The topological polar surface area (TPSA) is 55.6 Å². The van der Waals surface area contributed by atoms with Crippen molar-refractivity contribution >= 4 is 23.1 Å². The summed E-state index contributed by atoms with van der Waals surface area (Å²) in [6, 6.07) is 0. The van der Waals surface area contributed by atoms with E-state index in [4.69, 9.17) is 22.7 Å². The van der Waals surface area contributed by atoms with E-state index in [0.717, 1.165) is 25.7 Å². The number of carbonyl (C=O) groups is 1. The highest BCUT2D eigenvalue weighted by molar-refractivity contribution is 7.80. The van der Waals surface area contributed by atoms with Gasteiger partial charge < -0.3 is 15.4 Å². The summed E-state index contributed by atoms with van der Waals surface area (Å²) in [5.74, 6) is 0.133. The Hall–Kier alpha value is -0.680. The molecule has 1 aliphatic carbocycles. The first-order chi connectivity index (χ1) is 9.45. The summed E-state index contributed by atoms with van der Waals surface area (Å²) in [5, 5.41) is 0. The van der Waals surface area contributed by atoms with Crippen LogP contribution in [0.4, 0.5) is 0 Å². The maximum atomic E-state index is 13.1. The van der Waals surface area contributed by atoms with E-state index in [0.29, 0.717) is 18.1 Å². The highest BCUT2D eigenvalue weighted by atomic mass is 32.1. The fourth-order valence-corrected chi connectivity index (χ4v) is 3.84. The molecule has 0 bridgehead atoms. The molecule has 2 rings (SSSR count). The van der Waals surface area contributed by atoms with Crippen LogP contribution in [0.1, 0.15) is 52.4 Å². The van der Waals surface area contributed by atoms with Gasteiger partial charge in [-0.1, -0.05) is 37.9 Å². The highest BCUT2D eigenvalue weighted by Gasteiger charge is 2.45. The summed E-state index contributed by atoms with van der Waals surface area (Å²) in [6.45, 7) is 5.31. The minimum absolute atomic E-state index is 0.0804. The molecule has 1 saturated heterocycles. The number of carbonyl (C=O) groups excluding carboxylic acids is 1. The van der Waals surface area contributed by atoms with E-state index in [1.165, 1.54) is 12.8 Å². The van der Waals surface area contributed by atoms with Gasteiger partial charge in [-0.25, -0.2) is 0 Å².